The molecule has 0 spiro atoms. The second kappa shape index (κ2) is 9.85. The number of nitrogens with one attached hydrogen (secondary N) is 1. The molecule has 5 nitrogen and oxygen atoms in total. The molecule has 1 amide bonds. The summed E-state index contributed by atoms with van der Waals surface area (Å²) in [5.74, 6) is 0.669. The van der Waals surface area contributed by atoms with Crippen molar-refractivity contribution in [1.82, 2.24) is 0 Å². The number of hydrogen-bond acceptors (Lipinski definition) is 5. The van der Waals surface area contributed by atoms with Crippen LogP contribution in [0, 0.1) is 13.8 Å². The number of fused-ring (bicyclic) bond motifs is 1. The summed E-state index contributed by atoms with van der Waals surface area (Å²) in [6, 6.07) is 16.8. The molecule has 3 aromatic rings. The first kappa shape index (κ1) is 23.1. The fourth-order valence-corrected chi connectivity index (χ4v) is 5.00. The largest absolute Gasteiger partial charge is 0.493 e. The van der Waals surface area contributed by atoms with Crippen molar-refractivity contribution in [3.8, 4) is 11.5 Å². The minimum atomic E-state index is -0.280. The molecule has 0 saturated carbocycles. The molecule has 0 aliphatic carbocycles. The van der Waals surface area contributed by atoms with Gasteiger partial charge in [0, 0.05) is 14.9 Å². The van der Waals surface area contributed by atoms with Gasteiger partial charge in [0.1, 0.15) is 0 Å². The number of halogens is 1. The van der Waals surface area contributed by atoms with Crippen molar-refractivity contribution in [1.29, 1.82) is 0 Å². The van der Waals surface area contributed by atoms with Crippen LogP contribution in [0.1, 0.15) is 27.0 Å². The maximum Gasteiger partial charge on any atom is 0.262 e. The van der Waals surface area contributed by atoms with Gasteiger partial charge in [-0.15, -0.1) is 0 Å². The number of amides is 1. The van der Waals surface area contributed by atoms with Crippen LogP contribution in [0.3, 0.4) is 0 Å². The van der Waals surface area contributed by atoms with Gasteiger partial charge in [-0.25, -0.2) is 0 Å². The predicted molar refractivity (Wildman–Crippen MR) is 135 cm³/mol. The maximum absolute atomic E-state index is 12.6. The molecule has 7 heteroatoms. The molecule has 0 atom stereocenters. The van der Waals surface area contributed by atoms with Crippen molar-refractivity contribution in [2.75, 3.05) is 19.0 Å². The van der Waals surface area contributed by atoms with Gasteiger partial charge in [0.05, 0.1) is 17.7 Å². The Morgan fingerprint density at radius 1 is 1.06 bits per heavy atom. The molecule has 0 unspecified atom stereocenters. The van der Waals surface area contributed by atoms with E-state index in [1.165, 1.54) is 18.9 Å². The van der Waals surface area contributed by atoms with Crippen LogP contribution in [0.5, 0.6) is 11.5 Å². The molecule has 0 radical (unpaired) electrons. The zero-order valence-corrected chi connectivity index (χ0v) is 20.8. The van der Waals surface area contributed by atoms with Crippen LogP contribution in [0.15, 0.2) is 68.9 Å². The van der Waals surface area contributed by atoms with E-state index in [0.29, 0.717) is 22.1 Å². The van der Waals surface area contributed by atoms with Crippen LogP contribution >= 0.6 is 27.7 Å². The maximum atomic E-state index is 12.6. The number of carbonyl (C=O) groups excluding carboxylic acids is 2. The fourth-order valence-electron chi connectivity index (χ4n) is 3.39. The Morgan fingerprint density at radius 2 is 1.82 bits per heavy atom. The third kappa shape index (κ3) is 5.15. The van der Waals surface area contributed by atoms with Crippen LogP contribution in [0.2, 0.25) is 0 Å². The molecule has 1 aliphatic heterocycles. The number of methoxy groups -OCH3 is 1. The number of benzene rings is 3. The van der Waals surface area contributed by atoms with Gasteiger partial charge in [0.2, 0.25) is 5.78 Å². The molecule has 1 aliphatic rings. The molecule has 33 heavy (non-hydrogen) atoms. The Bertz CT molecular complexity index is 1290. The van der Waals surface area contributed by atoms with Crippen molar-refractivity contribution in [3.63, 3.8) is 0 Å². The lowest BCUT2D eigenvalue weighted by atomic mass is 10.1. The number of hydrogen-bond donors (Lipinski definition) is 1. The minimum absolute atomic E-state index is 0.0177. The SMILES string of the molecule is COc1cc(/C=C2\Sc3ccccc3C2=O)ccc1OCC(=O)Nc1cc(C)c(C)cc1Br. The highest BCUT2D eigenvalue weighted by atomic mass is 79.9. The van der Waals surface area contributed by atoms with E-state index in [1.54, 1.807) is 12.1 Å². The Kier molecular flexibility index (Phi) is 6.91. The van der Waals surface area contributed by atoms with Crippen molar-refractivity contribution in [3.05, 3.63) is 86.2 Å². The first-order chi connectivity index (χ1) is 15.9. The van der Waals surface area contributed by atoms with Crippen LogP contribution < -0.4 is 14.8 Å². The lowest BCUT2D eigenvalue weighted by Gasteiger charge is -2.13. The van der Waals surface area contributed by atoms with Gasteiger partial charge in [0.25, 0.3) is 5.91 Å². The normalized spacial score (nSPS) is 13.7. The van der Waals surface area contributed by atoms with Crippen molar-refractivity contribution >= 4 is 51.1 Å². The van der Waals surface area contributed by atoms with Crippen molar-refractivity contribution in [2.24, 2.45) is 0 Å². The van der Waals surface area contributed by atoms with Gasteiger partial charge in [-0.1, -0.05) is 30.0 Å². The standard InChI is InChI=1S/C26H22BrNO4S/c1-15-10-19(27)20(11-16(15)2)28-25(29)14-32-21-9-8-17(12-22(21)31-3)13-24-26(30)18-6-4-5-7-23(18)33-24/h4-13H,14H2,1-3H3,(H,28,29)/b24-13-. The highest BCUT2D eigenvalue weighted by Gasteiger charge is 2.25. The smallest absolute Gasteiger partial charge is 0.262 e. The fraction of sp³-hybridized carbons (Fsp3) is 0.154. The van der Waals surface area contributed by atoms with E-state index >= 15 is 0 Å². The molecule has 0 aromatic heterocycles. The van der Waals surface area contributed by atoms with E-state index in [4.69, 9.17) is 9.47 Å². The summed E-state index contributed by atoms with van der Waals surface area (Å²) in [6.07, 6.45) is 1.84. The zero-order chi connectivity index (χ0) is 23.5. The first-order valence-corrected chi connectivity index (χ1v) is 11.9. The lowest BCUT2D eigenvalue weighted by molar-refractivity contribution is -0.118. The Morgan fingerprint density at radius 3 is 2.58 bits per heavy atom. The zero-order valence-electron chi connectivity index (χ0n) is 18.4. The summed E-state index contributed by atoms with van der Waals surface area (Å²) in [5.41, 5.74) is 4.45. The van der Waals surface area contributed by atoms with Crippen LogP contribution in [0.25, 0.3) is 6.08 Å². The number of aryl methyl sites for hydroxylation is 2. The van der Waals surface area contributed by atoms with Gasteiger partial charge >= 0.3 is 0 Å². The third-order valence-electron chi connectivity index (χ3n) is 5.28. The van der Waals surface area contributed by atoms with Crippen LogP contribution in [0.4, 0.5) is 5.69 Å². The highest BCUT2D eigenvalue weighted by Crippen LogP contribution is 2.41. The molecule has 1 heterocycles. The van der Waals surface area contributed by atoms with Crippen molar-refractivity contribution < 1.29 is 19.1 Å². The number of allylic oxidation sites excluding steroid dienone is 1. The number of thioether (sulfide) groups is 1. The molecule has 0 saturated heterocycles. The van der Waals surface area contributed by atoms with Gasteiger partial charge < -0.3 is 14.8 Å². The number of anilines is 1. The number of rotatable bonds is 6. The van der Waals surface area contributed by atoms with Crippen LogP contribution in [-0.4, -0.2) is 25.4 Å². The van der Waals surface area contributed by atoms with E-state index in [9.17, 15) is 9.59 Å². The summed E-state index contributed by atoms with van der Waals surface area (Å²) in [6.45, 7) is 3.84. The minimum Gasteiger partial charge on any atom is -0.493 e. The van der Waals surface area contributed by atoms with Crippen molar-refractivity contribution in [2.45, 2.75) is 18.7 Å². The average Bonchev–Trinajstić information content (AvgIpc) is 3.11. The molecule has 0 bridgehead atoms. The topological polar surface area (TPSA) is 64.6 Å². The summed E-state index contributed by atoms with van der Waals surface area (Å²) in [4.78, 5) is 26.7. The monoisotopic (exact) mass is 523 g/mol. The number of Topliss-reactive ketones (excluding diaryl/α,β-unsaturated/α-hetero) is 1. The quantitative estimate of drug-likeness (QED) is 0.377. The lowest BCUT2D eigenvalue weighted by Crippen LogP contribution is -2.20. The van der Waals surface area contributed by atoms with E-state index in [1.807, 2.05) is 62.4 Å². The second-order valence-electron chi connectivity index (χ2n) is 7.60. The number of ketones is 1. The molecule has 3 aromatic carbocycles. The summed E-state index contributed by atoms with van der Waals surface area (Å²) in [7, 11) is 1.54. The van der Waals surface area contributed by atoms with Gasteiger partial charge in [0.15, 0.2) is 18.1 Å². The number of ether oxygens (including phenoxy) is 2. The van der Waals surface area contributed by atoms with E-state index in [-0.39, 0.29) is 18.3 Å². The van der Waals surface area contributed by atoms with E-state index < -0.39 is 0 Å². The molecule has 0 fully saturated rings. The third-order valence-corrected chi connectivity index (χ3v) is 7.03. The highest BCUT2D eigenvalue weighted by molar-refractivity contribution is 9.10. The molecular formula is C26H22BrNO4S. The summed E-state index contributed by atoms with van der Waals surface area (Å²) in [5, 5.41) is 2.86. The number of carbonyl (C=O) groups is 2. The summed E-state index contributed by atoms with van der Waals surface area (Å²) < 4.78 is 12.0. The average molecular weight is 524 g/mol. The van der Waals surface area contributed by atoms with Gasteiger partial charge in [-0.3, -0.25) is 9.59 Å². The second-order valence-corrected chi connectivity index (χ2v) is 9.54. The summed E-state index contributed by atoms with van der Waals surface area (Å²) >= 11 is 4.94. The van der Waals surface area contributed by atoms with E-state index in [0.717, 1.165) is 31.6 Å². The first-order valence-electron chi connectivity index (χ1n) is 10.3. The Labute approximate surface area is 205 Å². The van der Waals surface area contributed by atoms with E-state index in [2.05, 4.69) is 21.2 Å². The van der Waals surface area contributed by atoms with Crippen LogP contribution in [-0.2, 0) is 4.79 Å². The molecule has 168 valence electrons. The molecule has 4 rings (SSSR count). The molecule has 1 N–H and O–H groups in total. The predicted octanol–water partition coefficient (Wildman–Crippen LogP) is 6.42. The Balaban J connectivity index is 1.44. The van der Waals surface area contributed by atoms with Gasteiger partial charge in [-0.2, -0.15) is 0 Å². The Hall–Kier alpha value is -3.03. The molecular weight excluding hydrogens is 502 g/mol. The van der Waals surface area contributed by atoms with Gasteiger partial charge in [-0.05, 0) is 88.9 Å².